The summed E-state index contributed by atoms with van der Waals surface area (Å²) in [6.07, 6.45) is 4.21. The van der Waals surface area contributed by atoms with Gasteiger partial charge in [-0.3, -0.25) is 14.6 Å². The van der Waals surface area contributed by atoms with Gasteiger partial charge in [0.15, 0.2) is 21.4 Å². The highest BCUT2D eigenvalue weighted by Gasteiger charge is 2.39. The van der Waals surface area contributed by atoms with E-state index in [9.17, 15) is 8.42 Å². The number of benzene rings is 2. The van der Waals surface area contributed by atoms with Crippen molar-refractivity contribution in [1.82, 2.24) is 9.78 Å². The summed E-state index contributed by atoms with van der Waals surface area (Å²) in [5.74, 6) is 1.26. The van der Waals surface area contributed by atoms with Crippen LogP contribution in [0.4, 0.5) is 11.5 Å². The zero-order chi connectivity index (χ0) is 21.8. The van der Waals surface area contributed by atoms with E-state index in [1.54, 1.807) is 35.3 Å². The molecule has 2 heterocycles. The molecule has 1 atom stereocenters. The number of sulfone groups is 1. The predicted molar refractivity (Wildman–Crippen MR) is 119 cm³/mol. The van der Waals surface area contributed by atoms with Gasteiger partial charge in [-0.1, -0.05) is 17.7 Å². The molecule has 1 unspecified atom stereocenters. The Bertz CT molecular complexity index is 1300. The number of ether oxygens (including phenoxy) is 1. The number of anilines is 2. The molecule has 1 aromatic heterocycles. The fraction of sp³-hybridized carbons (Fsp3) is 0.238. The van der Waals surface area contributed by atoms with E-state index in [2.05, 4.69) is 10.1 Å². The fourth-order valence-electron chi connectivity index (χ4n) is 3.54. The molecule has 1 aliphatic carbocycles. The zero-order valence-electron chi connectivity index (χ0n) is 16.6. The molecule has 0 bridgehead atoms. The van der Waals surface area contributed by atoms with Crippen LogP contribution in [0.3, 0.4) is 0 Å². The van der Waals surface area contributed by atoms with E-state index in [1.165, 1.54) is 6.07 Å². The van der Waals surface area contributed by atoms with Crippen molar-refractivity contribution in [3.63, 3.8) is 0 Å². The molecule has 8 nitrogen and oxygen atoms in total. The molecule has 160 valence electrons. The molecule has 2 aromatic carbocycles. The number of hydrogen-bond donors (Lipinski definition) is 1. The first kappa shape index (κ1) is 20.0. The second-order valence-electron chi connectivity index (χ2n) is 7.56. The van der Waals surface area contributed by atoms with E-state index >= 15 is 0 Å². The molecule has 10 heteroatoms. The minimum atomic E-state index is -3.49. The van der Waals surface area contributed by atoms with Crippen LogP contribution in [0.25, 0.3) is 0 Å². The number of aliphatic imine (C=N–C) groups is 1. The Morgan fingerprint density at radius 3 is 2.71 bits per heavy atom. The van der Waals surface area contributed by atoms with E-state index < -0.39 is 16.0 Å². The molecule has 1 aliphatic heterocycles. The minimum absolute atomic E-state index is 0.109. The highest BCUT2D eigenvalue weighted by molar-refractivity contribution is 7.92. The number of halogens is 1. The first-order valence-corrected chi connectivity index (χ1v) is 11.7. The molecule has 5 rings (SSSR count). The van der Waals surface area contributed by atoms with Crippen LogP contribution in [-0.4, -0.2) is 29.8 Å². The van der Waals surface area contributed by atoms with Crippen molar-refractivity contribution in [2.75, 3.05) is 4.90 Å². The van der Waals surface area contributed by atoms with Crippen molar-refractivity contribution in [2.45, 2.75) is 29.2 Å². The van der Waals surface area contributed by atoms with E-state index in [-0.39, 0.29) is 20.9 Å². The van der Waals surface area contributed by atoms with Gasteiger partial charge in [-0.15, -0.1) is 0 Å². The average molecular weight is 458 g/mol. The molecule has 31 heavy (non-hydrogen) atoms. The highest BCUT2D eigenvalue weighted by atomic mass is 35.5. The maximum atomic E-state index is 12.9. The Morgan fingerprint density at radius 2 is 2.00 bits per heavy atom. The van der Waals surface area contributed by atoms with Crippen molar-refractivity contribution in [3.05, 3.63) is 59.2 Å². The lowest BCUT2D eigenvalue weighted by molar-refractivity contribution is 0.466. The molecule has 3 aromatic rings. The SMILES string of the molecule is Cn1ccc(N2C=NC(N)c3cc(Oc4c(Cl)cccc4S(=O)(=O)C4CC4)ccc32)n1. The quantitative estimate of drug-likeness (QED) is 0.622. The first-order chi connectivity index (χ1) is 14.8. The van der Waals surface area contributed by atoms with Gasteiger partial charge in [0.25, 0.3) is 0 Å². The van der Waals surface area contributed by atoms with Crippen LogP contribution < -0.4 is 15.4 Å². The van der Waals surface area contributed by atoms with Crippen LogP contribution in [0, 0.1) is 0 Å². The summed E-state index contributed by atoms with van der Waals surface area (Å²) >= 11 is 6.33. The average Bonchev–Trinajstić information content (AvgIpc) is 3.52. The Kier molecular flexibility index (Phi) is 4.76. The molecule has 2 aliphatic rings. The molecule has 0 spiro atoms. The standard InChI is InChI=1S/C21H20ClN5O3S/c1-26-10-9-19(25-26)27-12-24-21(23)15-11-13(5-8-17(15)27)30-20-16(22)3-2-4-18(20)31(28,29)14-6-7-14/h2-5,8-12,14,21H,6-7,23H2,1H3. The van der Waals surface area contributed by atoms with Crippen LogP contribution in [0.1, 0.15) is 24.6 Å². The fourth-order valence-corrected chi connectivity index (χ4v) is 5.60. The van der Waals surface area contributed by atoms with Gasteiger partial charge in [-0.2, -0.15) is 5.10 Å². The van der Waals surface area contributed by atoms with Crippen LogP contribution in [0.2, 0.25) is 5.02 Å². The minimum Gasteiger partial charge on any atom is -0.454 e. The smallest absolute Gasteiger partial charge is 0.184 e. The number of aromatic nitrogens is 2. The molecule has 0 amide bonds. The summed E-state index contributed by atoms with van der Waals surface area (Å²) in [5.41, 5.74) is 7.75. The van der Waals surface area contributed by atoms with Crippen LogP contribution in [-0.2, 0) is 16.9 Å². The third kappa shape index (κ3) is 3.58. The van der Waals surface area contributed by atoms with Crippen LogP contribution in [0.15, 0.2) is 58.5 Å². The number of para-hydroxylation sites is 1. The molecule has 0 radical (unpaired) electrons. The second-order valence-corrected chi connectivity index (χ2v) is 10.2. The predicted octanol–water partition coefficient (Wildman–Crippen LogP) is 3.94. The molecular formula is C21H20ClN5O3S. The normalized spacial score (nSPS) is 18.2. The Balaban J connectivity index is 1.53. The van der Waals surface area contributed by atoms with E-state index in [0.717, 1.165) is 11.3 Å². The van der Waals surface area contributed by atoms with Crippen molar-refractivity contribution in [1.29, 1.82) is 0 Å². The van der Waals surface area contributed by atoms with Gasteiger partial charge in [-0.05, 0) is 43.2 Å². The third-order valence-electron chi connectivity index (χ3n) is 5.29. The van der Waals surface area contributed by atoms with Gasteiger partial charge < -0.3 is 10.5 Å². The van der Waals surface area contributed by atoms with E-state index in [1.807, 2.05) is 30.3 Å². The van der Waals surface area contributed by atoms with Gasteiger partial charge in [0.1, 0.15) is 16.8 Å². The number of nitrogens with two attached hydrogens (primary N) is 1. The third-order valence-corrected chi connectivity index (χ3v) is 7.87. The summed E-state index contributed by atoms with van der Waals surface area (Å²) in [6.45, 7) is 0. The topological polar surface area (TPSA) is 103 Å². The maximum absolute atomic E-state index is 12.9. The molecule has 2 N–H and O–H groups in total. The van der Waals surface area contributed by atoms with Gasteiger partial charge >= 0.3 is 0 Å². The van der Waals surface area contributed by atoms with Crippen molar-refractivity contribution in [3.8, 4) is 11.5 Å². The van der Waals surface area contributed by atoms with Crippen molar-refractivity contribution >= 4 is 39.3 Å². The number of fused-ring (bicyclic) bond motifs is 1. The monoisotopic (exact) mass is 457 g/mol. The zero-order valence-corrected chi connectivity index (χ0v) is 18.2. The maximum Gasteiger partial charge on any atom is 0.184 e. The number of nitrogens with zero attached hydrogens (tertiary/aromatic N) is 4. The summed E-state index contributed by atoms with van der Waals surface area (Å²) in [5, 5.41) is 4.28. The summed E-state index contributed by atoms with van der Waals surface area (Å²) < 4.78 is 33.4. The van der Waals surface area contributed by atoms with Gasteiger partial charge in [0, 0.05) is 24.9 Å². The number of aryl methyl sites for hydroxylation is 1. The molecule has 0 saturated heterocycles. The van der Waals surface area contributed by atoms with E-state index in [4.69, 9.17) is 22.1 Å². The molecule has 1 saturated carbocycles. The number of rotatable bonds is 5. The Labute approximate surface area is 184 Å². The van der Waals surface area contributed by atoms with Gasteiger partial charge in [0.2, 0.25) is 0 Å². The summed E-state index contributed by atoms with van der Waals surface area (Å²) in [7, 11) is -1.65. The number of hydrogen-bond acceptors (Lipinski definition) is 7. The van der Waals surface area contributed by atoms with Gasteiger partial charge in [-0.25, -0.2) is 8.42 Å². The van der Waals surface area contributed by atoms with Gasteiger partial charge in [0.05, 0.1) is 22.3 Å². The largest absolute Gasteiger partial charge is 0.454 e. The van der Waals surface area contributed by atoms with Crippen molar-refractivity contribution < 1.29 is 13.2 Å². The summed E-state index contributed by atoms with van der Waals surface area (Å²) in [4.78, 5) is 6.29. The lowest BCUT2D eigenvalue weighted by Crippen LogP contribution is -2.25. The lowest BCUT2D eigenvalue weighted by Gasteiger charge is -2.27. The first-order valence-electron chi connectivity index (χ1n) is 9.76. The lowest BCUT2D eigenvalue weighted by atomic mass is 10.1. The summed E-state index contributed by atoms with van der Waals surface area (Å²) in [6, 6.07) is 12.0. The Hall–Kier alpha value is -2.88. The molecular weight excluding hydrogens is 438 g/mol. The Morgan fingerprint density at radius 1 is 1.19 bits per heavy atom. The molecule has 1 fully saturated rings. The van der Waals surface area contributed by atoms with Crippen molar-refractivity contribution in [2.24, 2.45) is 17.8 Å². The van der Waals surface area contributed by atoms with Crippen LogP contribution >= 0.6 is 11.6 Å². The van der Waals surface area contributed by atoms with E-state index in [0.29, 0.717) is 24.4 Å². The second kappa shape index (κ2) is 7.37. The van der Waals surface area contributed by atoms with Crippen LogP contribution in [0.5, 0.6) is 11.5 Å². The highest BCUT2D eigenvalue weighted by Crippen LogP contribution is 2.43.